The van der Waals surface area contributed by atoms with E-state index in [4.69, 9.17) is 9.97 Å². The number of aromatic nitrogens is 2. The maximum atomic E-state index is 12.6. The summed E-state index contributed by atoms with van der Waals surface area (Å²) in [5.41, 5.74) is 3.61. The lowest BCUT2D eigenvalue weighted by atomic mass is 9.95. The number of amides is 1. The van der Waals surface area contributed by atoms with Gasteiger partial charge >= 0.3 is 0 Å². The van der Waals surface area contributed by atoms with Crippen molar-refractivity contribution in [2.24, 2.45) is 5.92 Å². The minimum Gasteiger partial charge on any atom is -0.356 e. The van der Waals surface area contributed by atoms with Gasteiger partial charge in [0.1, 0.15) is 5.82 Å². The van der Waals surface area contributed by atoms with E-state index in [0.29, 0.717) is 6.04 Å². The van der Waals surface area contributed by atoms with Crippen LogP contribution in [0, 0.1) is 5.92 Å². The zero-order chi connectivity index (χ0) is 19.6. The number of rotatable bonds is 4. The Hall–Kier alpha value is -1.89. The lowest BCUT2D eigenvalue weighted by molar-refractivity contribution is -0.126. The van der Waals surface area contributed by atoms with E-state index in [1.165, 1.54) is 11.3 Å². The van der Waals surface area contributed by atoms with Crippen LogP contribution in [-0.4, -0.2) is 48.1 Å². The molecule has 2 N–H and O–H groups in total. The third-order valence-electron chi connectivity index (χ3n) is 6.52. The zero-order valence-electron chi connectivity index (χ0n) is 17.7. The summed E-state index contributed by atoms with van der Waals surface area (Å²) in [6, 6.07) is 10.6. The van der Waals surface area contributed by atoms with E-state index in [1.54, 1.807) is 0 Å². The number of carbonyl (C=O) groups excluding carboxylic acids is 1. The van der Waals surface area contributed by atoms with Gasteiger partial charge in [0.25, 0.3) is 0 Å². The number of benzene rings is 1. The minimum absolute atomic E-state index is 0. The number of nitrogens with zero attached hydrogens (tertiary/aromatic N) is 3. The number of carbonyl (C=O) groups is 1. The van der Waals surface area contributed by atoms with E-state index < -0.39 is 0 Å². The van der Waals surface area contributed by atoms with Crippen molar-refractivity contribution in [1.82, 2.24) is 20.6 Å². The highest BCUT2D eigenvalue weighted by Crippen LogP contribution is 2.33. The summed E-state index contributed by atoms with van der Waals surface area (Å²) in [6.45, 7) is 3.68. The van der Waals surface area contributed by atoms with Gasteiger partial charge in [0.2, 0.25) is 5.91 Å². The summed E-state index contributed by atoms with van der Waals surface area (Å²) in [5.74, 6) is 2.28. The molecule has 8 heteroatoms. The highest BCUT2D eigenvalue weighted by molar-refractivity contribution is 5.85. The fourth-order valence-electron chi connectivity index (χ4n) is 4.84. The third-order valence-corrected chi connectivity index (χ3v) is 6.52. The molecule has 0 spiro atoms. The van der Waals surface area contributed by atoms with Crippen molar-refractivity contribution in [1.29, 1.82) is 0 Å². The molecule has 31 heavy (non-hydrogen) atoms. The van der Waals surface area contributed by atoms with Crippen molar-refractivity contribution in [3.63, 3.8) is 0 Å². The zero-order valence-corrected chi connectivity index (χ0v) is 19.3. The largest absolute Gasteiger partial charge is 0.356 e. The molecule has 1 atom stereocenters. The van der Waals surface area contributed by atoms with Crippen LogP contribution in [0.1, 0.15) is 36.9 Å². The van der Waals surface area contributed by atoms with Crippen molar-refractivity contribution in [2.45, 2.75) is 44.6 Å². The number of halogens is 2. The highest BCUT2D eigenvalue weighted by Gasteiger charge is 2.30. The first-order valence-corrected chi connectivity index (χ1v) is 11.0. The molecular weight excluding hydrogens is 433 g/mol. The van der Waals surface area contributed by atoms with Gasteiger partial charge in [-0.1, -0.05) is 30.3 Å². The molecule has 0 saturated carbocycles. The molecule has 0 bridgehead atoms. The van der Waals surface area contributed by atoms with E-state index in [0.717, 1.165) is 81.9 Å². The second kappa shape index (κ2) is 10.6. The van der Waals surface area contributed by atoms with Crippen molar-refractivity contribution in [2.75, 3.05) is 31.1 Å². The minimum atomic E-state index is 0. The quantitative estimate of drug-likeness (QED) is 0.728. The maximum Gasteiger partial charge on any atom is 0.223 e. The normalized spacial score (nSPS) is 20.5. The Morgan fingerprint density at radius 2 is 1.81 bits per heavy atom. The van der Waals surface area contributed by atoms with Gasteiger partial charge in [-0.05, 0) is 45.1 Å². The van der Waals surface area contributed by atoms with Crippen LogP contribution >= 0.6 is 24.8 Å². The van der Waals surface area contributed by atoms with Crippen molar-refractivity contribution >= 4 is 36.5 Å². The molecule has 5 rings (SSSR count). The second-order valence-corrected chi connectivity index (χ2v) is 8.48. The molecule has 2 fully saturated rings. The molecule has 2 aliphatic heterocycles. The molecule has 168 valence electrons. The summed E-state index contributed by atoms with van der Waals surface area (Å²) in [6.07, 6.45) is 6.09. The molecule has 6 nitrogen and oxygen atoms in total. The average Bonchev–Trinajstić information content (AvgIpc) is 3.45. The van der Waals surface area contributed by atoms with Gasteiger partial charge < -0.3 is 15.5 Å². The Kier molecular flexibility index (Phi) is 8.14. The number of fused-ring (bicyclic) bond motifs is 1. The van der Waals surface area contributed by atoms with Gasteiger partial charge in [-0.15, -0.1) is 24.8 Å². The van der Waals surface area contributed by atoms with Crippen molar-refractivity contribution < 1.29 is 4.79 Å². The molecule has 1 amide bonds. The molecule has 0 radical (unpaired) electrons. The number of aryl methyl sites for hydroxylation is 1. The van der Waals surface area contributed by atoms with Crippen LogP contribution in [-0.2, 0) is 17.6 Å². The van der Waals surface area contributed by atoms with Gasteiger partial charge in [-0.25, -0.2) is 9.97 Å². The van der Waals surface area contributed by atoms with Gasteiger partial charge in [-0.3, -0.25) is 4.79 Å². The number of anilines is 1. The van der Waals surface area contributed by atoms with E-state index in [9.17, 15) is 4.79 Å². The van der Waals surface area contributed by atoms with Crippen molar-refractivity contribution in [3.05, 3.63) is 41.6 Å². The Bertz CT molecular complexity index is 881. The predicted molar refractivity (Wildman–Crippen MR) is 128 cm³/mol. The third kappa shape index (κ3) is 5.13. The highest BCUT2D eigenvalue weighted by atomic mass is 35.5. The molecule has 1 unspecified atom stereocenters. The Morgan fingerprint density at radius 1 is 1.03 bits per heavy atom. The summed E-state index contributed by atoms with van der Waals surface area (Å²) < 4.78 is 0. The summed E-state index contributed by atoms with van der Waals surface area (Å²) >= 11 is 0. The molecule has 1 aromatic heterocycles. The van der Waals surface area contributed by atoms with Crippen LogP contribution in [0.5, 0.6) is 0 Å². The predicted octanol–water partition coefficient (Wildman–Crippen LogP) is 3.17. The SMILES string of the molecule is Cl.Cl.O=C(NC1CCNC1)C1CCN(c2nc(-c3ccccc3)nc3c2CCC3)CC1. The first-order valence-electron chi connectivity index (χ1n) is 11.0. The van der Waals surface area contributed by atoms with Gasteiger partial charge in [0.15, 0.2) is 5.82 Å². The standard InChI is InChI=1S/C23H29N5O.2ClH/c29-23(25-18-9-12-24-15-18)17-10-13-28(14-11-17)22-19-7-4-8-20(19)26-21(27-22)16-5-2-1-3-6-16;;/h1-3,5-6,17-18,24H,4,7-15H2,(H,25,29);2*1H. The van der Waals surface area contributed by atoms with Crippen LogP contribution < -0.4 is 15.5 Å². The molecule has 1 aromatic carbocycles. The lowest BCUT2D eigenvalue weighted by Gasteiger charge is -2.33. The van der Waals surface area contributed by atoms with Gasteiger partial charge in [0.05, 0.1) is 0 Å². The Labute approximate surface area is 196 Å². The van der Waals surface area contributed by atoms with Crippen LogP contribution in [0.3, 0.4) is 0 Å². The summed E-state index contributed by atoms with van der Waals surface area (Å²) in [4.78, 5) is 24.9. The van der Waals surface area contributed by atoms with Gasteiger partial charge in [0, 0.05) is 48.4 Å². The molecule has 3 aliphatic rings. The smallest absolute Gasteiger partial charge is 0.223 e. The topological polar surface area (TPSA) is 70.2 Å². The van der Waals surface area contributed by atoms with Crippen molar-refractivity contribution in [3.8, 4) is 11.4 Å². The number of hydrogen-bond acceptors (Lipinski definition) is 5. The first kappa shape index (κ1) is 23.8. The Morgan fingerprint density at radius 3 is 2.52 bits per heavy atom. The first-order chi connectivity index (χ1) is 14.3. The molecule has 1 aliphatic carbocycles. The van der Waals surface area contributed by atoms with Crippen LogP contribution in [0.15, 0.2) is 30.3 Å². The second-order valence-electron chi connectivity index (χ2n) is 8.48. The van der Waals surface area contributed by atoms with Crippen LogP contribution in [0.25, 0.3) is 11.4 Å². The summed E-state index contributed by atoms with van der Waals surface area (Å²) in [5, 5.41) is 6.54. The number of piperidine rings is 1. The van der Waals surface area contributed by atoms with E-state index >= 15 is 0 Å². The Balaban J connectivity index is 0.00000136. The lowest BCUT2D eigenvalue weighted by Crippen LogP contribution is -2.44. The molecule has 2 aromatic rings. The van der Waals surface area contributed by atoms with Crippen LogP contribution in [0.4, 0.5) is 5.82 Å². The molecular formula is C23H31Cl2N5O. The number of nitrogens with one attached hydrogen (secondary N) is 2. The monoisotopic (exact) mass is 463 g/mol. The average molecular weight is 464 g/mol. The fraction of sp³-hybridized carbons (Fsp3) is 0.522. The fourth-order valence-corrected chi connectivity index (χ4v) is 4.84. The number of hydrogen-bond donors (Lipinski definition) is 2. The summed E-state index contributed by atoms with van der Waals surface area (Å²) in [7, 11) is 0. The van der Waals surface area contributed by atoms with E-state index in [2.05, 4.69) is 27.7 Å². The van der Waals surface area contributed by atoms with Gasteiger partial charge in [-0.2, -0.15) is 0 Å². The molecule has 2 saturated heterocycles. The molecule has 3 heterocycles. The van der Waals surface area contributed by atoms with E-state index in [1.807, 2.05) is 18.2 Å². The van der Waals surface area contributed by atoms with E-state index in [-0.39, 0.29) is 36.6 Å². The maximum absolute atomic E-state index is 12.6. The van der Waals surface area contributed by atoms with Crippen LogP contribution in [0.2, 0.25) is 0 Å².